The lowest BCUT2D eigenvalue weighted by Gasteiger charge is -2.32. The lowest BCUT2D eigenvalue weighted by atomic mass is 10.0. The molecule has 1 aliphatic heterocycles. The van der Waals surface area contributed by atoms with Crippen molar-refractivity contribution in [3.05, 3.63) is 29.8 Å². The van der Waals surface area contributed by atoms with Crippen molar-refractivity contribution in [2.24, 2.45) is 5.92 Å². The van der Waals surface area contributed by atoms with Crippen molar-refractivity contribution in [2.45, 2.75) is 33.2 Å². The van der Waals surface area contributed by atoms with Gasteiger partial charge in [0.05, 0.1) is 26.2 Å². The van der Waals surface area contributed by atoms with Crippen LogP contribution in [0.2, 0.25) is 0 Å². The second-order valence-corrected chi connectivity index (χ2v) is 6.48. The normalized spacial score (nSPS) is 15.8. The number of hydrogen-bond donors (Lipinski definition) is 1. The largest absolute Gasteiger partial charge is 0.494 e. The lowest BCUT2D eigenvalue weighted by molar-refractivity contribution is -0.141. The monoisotopic (exact) mass is 348 g/mol. The molecule has 2 rings (SSSR count). The fourth-order valence-electron chi connectivity index (χ4n) is 2.77. The van der Waals surface area contributed by atoms with Crippen molar-refractivity contribution in [1.29, 1.82) is 0 Å². The third kappa shape index (κ3) is 5.74. The van der Waals surface area contributed by atoms with Crippen LogP contribution in [-0.4, -0.2) is 55.7 Å². The Labute approximate surface area is 149 Å². The first-order chi connectivity index (χ1) is 12.0. The van der Waals surface area contributed by atoms with Gasteiger partial charge in [-0.2, -0.15) is 0 Å². The Kier molecular flexibility index (Phi) is 7.25. The van der Waals surface area contributed by atoms with E-state index in [0.29, 0.717) is 32.9 Å². The van der Waals surface area contributed by atoms with Gasteiger partial charge in [0.25, 0.3) is 0 Å². The van der Waals surface area contributed by atoms with Gasteiger partial charge in [0, 0.05) is 13.1 Å². The van der Waals surface area contributed by atoms with Crippen LogP contribution in [0.15, 0.2) is 24.3 Å². The zero-order chi connectivity index (χ0) is 18.2. The van der Waals surface area contributed by atoms with Crippen LogP contribution in [0.1, 0.15) is 26.3 Å². The molecule has 1 heterocycles. The molecule has 1 fully saturated rings. The molecule has 25 heavy (non-hydrogen) atoms. The van der Waals surface area contributed by atoms with Gasteiger partial charge in [0.15, 0.2) is 0 Å². The van der Waals surface area contributed by atoms with Gasteiger partial charge >= 0.3 is 0 Å². The average Bonchev–Trinajstić information content (AvgIpc) is 2.61. The zero-order valence-corrected chi connectivity index (χ0v) is 15.3. The van der Waals surface area contributed by atoms with Gasteiger partial charge in [-0.1, -0.05) is 26.0 Å². The molecule has 1 aromatic carbocycles. The minimum absolute atomic E-state index is 0.0274. The summed E-state index contributed by atoms with van der Waals surface area (Å²) < 4.78 is 10.7. The minimum Gasteiger partial charge on any atom is -0.494 e. The van der Waals surface area contributed by atoms with Crippen LogP contribution in [-0.2, 0) is 20.7 Å². The number of morpholine rings is 1. The van der Waals surface area contributed by atoms with E-state index in [4.69, 9.17) is 9.47 Å². The molecular formula is C19H28N2O4. The summed E-state index contributed by atoms with van der Waals surface area (Å²) in [5.41, 5.74) is 0.891. The summed E-state index contributed by atoms with van der Waals surface area (Å²) >= 11 is 0. The summed E-state index contributed by atoms with van der Waals surface area (Å²) in [6, 6.07) is 6.95. The SMILES string of the molecule is CCOc1ccc(CC(=O)N[C@H](C(=O)N2CCOCC2)C(C)C)cc1. The molecule has 0 bridgehead atoms. The lowest BCUT2D eigenvalue weighted by Crippen LogP contribution is -2.54. The van der Waals surface area contributed by atoms with Crippen LogP contribution in [0.4, 0.5) is 0 Å². The van der Waals surface area contributed by atoms with Crippen molar-refractivity contribution in [3.8, 4) is 5.75 Å². The Balaban J connectivity index is 1.93. The van der Waals surface area contributed by atoms with E-state index in [0.717, 1.165) is 11.3 Å². The maximum atomic E-state index is 12.7. The minimum atomic E-state index is -0.506. The standard InChI is InChI=1S/C19H28N2O4/c1-4-25-16-7-5-15(6-8-16)13-17(22)20-18(14(2)3)19(23)21-9-11-24-12-10-21/h5-8,14,18H,4,9-13H2,1-3H3,(H,20,22)/t18-/m0/s1. The number of carbonyl (C=O) groups excluding carboxylic acids is 2. The second-order valence-electron chi connectivity index (χ2n) is 6.48. The Morgan fingerprint density at radius 3 is 2.40 bits per heavy atom. The van der Waals surface area contributed by atoms with E-state index in [9.17, 15) is 9.59 Å². The maximum Gasteiger partial charge on any atom is 0.245 e. The van der Waals surface area contributed by atoms with Crippen molar-refractivity contribution in [2.75, 3.05) is 32.9 Å². The van der Waals surface area contributed by atoms with Crippen molar-refractivity contribution in [1.82, 2.24) is 10.2 Å². The van der Waals surface area contributed by atoms with E-state index in [2.05, 4.69) is 5.32 Å². The van der Waals surface area contributed by atoms with E-state index in [-0.39, 0.29) is 24.2 Å². The topological polar surface area (TPSA) is 67.9 Å². The summed E-state index contributed by atoms with van der Waals surface area (Å²) in [4.78, 5) is 26.8. The number of ether oxygens (including phenoxy) is 2. The first-order valence-corrected chi connectivity index (χ1v) is 8.89. The van der Waals surface area contributed by atoms with E-state index < -0.39 is 6.04 Å². The summed E-state index contributed by atoms with van der Waals surface area (Å²) in [7, 11) is 0. The number of carbonyl (C=O) groups is 2. The number of rotatable bonds is 7. The number of nitrogens with zero attached hydrogens (tertiary/aromatic N) is 1. The van der Waals surface area contributed by atoms with Crippen LogP contribution in [0, 0.1) is 5.92 Å². The Morgan fingerprint density at radius 2 is 1.84 bits per heavy atom. The quantitative estimate of drug-likeness (QED) is 0.813. The molecule has 0 unspecified atom stereocenters. The summed E-state index contributed by atoms with van der Waals surface area (Å²) in [5, 5.41) is 2.90. The molecule has 0 spiro atoms. The van der Waals surface area contributed by atoms with Crippen LogP contribution >= 0.6 is 0 Å². The predicted octanol–water partition coefficient (Wildman–Crippen LogP) is 1.63. The van der Waals surface area contributed by atoms with E-state index in [1.54, 1.807) is 4.90 Å². The summed E-state index contributed by atoms with van der Waals surface area (Å²) in [5.74, 6) is 0.636. The van der Waals surface area contributed by atoms with Crippen LogP contribution < -0.4 is 10.1 Å². The molecule has 1 aromatic rings. The number of amides is 2. The van der Waals surface area contributed by atoms with E-state index >= 15 is 0 Å². The second kappa shape index (κ2) is 9.42. The van der Waals surface area contributed by atoms with E-state index in [1.165, 1.54) is 0 Å². The van der Waals surface area contributed by atoms with E-state index in [1.807, 2.05) is 45.0 Å². The smallest absolute Gasteiger partial charge is 0.245 e. The third-order valence-corrected chi connectivity index (χ3v) is 4.17. The molecular weight excluding hydrogens is 320 g/mol. The zero-order valence-electron chi connectivity index (χ0n) is 15.3. The molecule has 138 valence electrons. The van der Waals surface area contributed by atoms with Crippen molar-refractivity contribution in [3.63, 3.8) is 0 Å². The van der Waals surface area contributed by atoms with Gasteiger partial charge in [0.1, 0.15) is 11.8 Å². The van der Waals surface area contributed by atoms with Gasteiger partial charge in [-0.15, -0.1) is 0 Å². The molecule has 1 N–H and O–H groups in total. The molecule has 0 aromatic heterocycles. The third-order valence-electron chi connectivity index (χ3n) is 4.17. The fraction of sp³-hybridized carbons (Fsp3) is 0.579. The highest BCUT2D eigenvalue weighted by atomic mass is 16.5. The van der Waals surface area contributed by atoms with Gasteiger partial charge < -0.3 is 19.7 Å². The molecule has 0 radical (unpaired) electrons. The molecule has 6 heteroatoms. The molecule has 1 aliphatic rings. The first-order valence-electron chi connectivity index (χ1n) is 8.89. The highest BCUT2D eigenvalue weighted by Gasteiger charge is 2.29. The fourth-order valence-corrected chi connectivity index (χ4v) is 2.77. The summed E-state index contributed by atoms with van der Waals surface area (Å²) in [6.45, 7) is 8.69. The Hall–Kier alpha value is -2.08. The van der Waals surface area contributed by atoms with Gasteiger partial charge in [-0.05, 0) is 30.5 Å². The van der Waals surface area contributed by atoms with Crippen molar-refractivity contribution < 1.29 is 19.1 Å². The number of benzene rings is 1. The molecule has 2 amide bonds. The maximum absolute atomic E-state index is 12.7. The Morgan fingerprint density at radius 1 is 1.20 bits per heavy atom. The van der Waals surface area contributed by atoms with Gasteiger partial charge in [0.2, 0.25) is 11.8 Å². The van der Waals surface area contributed by atoms with Crippen LogP contribution in [0.25, 0.3) is 0 Å². The van der Waals surface area contributed by atoms with Gasteiger partial charge in [-0.25, -0.2) is 0 Å². The van der Waals surface area contributed by atoms with Crippen LogP contribution in [0.3, 0.4) is 0 Å². The average molecular weight is 348 g/mol. The highest BCUT2D eigenvalue weighted by molar-refractivity contribution is 5.88. The molecule has 0 aliphatic carbocycles. The summed E-state index contributed by atoms with van der Waals surface area (Å²) in [6.07, 6.45) is 0.242. The first kappa shape index (κ1) is 19.2. The molecule has 0 saturated carbocycles. The van der Waals surface area contributed by atoms with Crippen LogP contribution in [0.5, 0.6) is 5.75 Å². The Bertz CT molecular complexity index is 565. The molecule has 1 atom stereocenters. The number of nitrogens with one attached hydrogen (secondary N) is 1. The molecule has 6 nitrogen and oxygen atoms in total. The highest BCUT2D eigenvalue weighted by Crippen LogP contribution is 2.13. The van der Waals surface area contributed by atoms with Crippen molar-refractivity contribution >= 4 is 11.8 Å². The predicted molar refractivity (Wildman–Crippen MR) is 95.5 cm³/mol. The molecule has 1 saturated heterocycles. The number of hydrogen-bond acceptors (Lipinski definition) is 4. The van der Waals surface area contributed by atoms with Gasteiger partial charge in [-0.3, -0.25) is 9.59 Å².